The molecule has 0 radical (unpaired) electrons. The Kier molecular flexibility index (Phi) is 3.64. The van der Waals surface area contributed by atoms with E-state index in [2.05, 4.69) is 16.9 Å². The molecule has 0 aliphatic carbocycles. The molecule has 2 aliphatic heterocycles. The van der Waals surface area contributed by atoms with Crippen LogP contribution in [0.4, 0.5) is 0 Å². The van der Waals surface area contributed by atoms with Gasteiger partial charge in [-0.2, -0.15) is 0 Å². The maximum absolute atomic E-state index is 11.8. The maximum atomic E-state index is 11.8. The second-order valence-electron chi connectivity index (χ2n) is 4.36. The lowest BCUT2D eigenvalue weighted by molar-refractivity contribution is -0.121. The first kappa shape index (κ1) is 13.1. The number of nitrogens with one attached hydrogen (secondary N) is 1. The zero-order chi connectivity index (χ0) is 13.9. The molecule has 1 atom stereocenters. The lowest BCUT2D eigenvalue weighted by atomic mass is 10.2. The van der Waals surface area contributed by atoms with Crippen LogP contribution in [0.2, 0.25) is 0 Å². The molecule has 5 nitrogen and oxygen atoms in total. The Bertz CT molecular complexity index is 586. The van der Waals surface area contributed by atoms with Crippen LogP contribution in [0.3, 0.4) is 0 Å². The van der Waals surface area contributed by atoms with E-state index >= 15 is 0 Å². The topological polar surface area (TPSA) is 59.9 Å². The van der Waals surface area contributed by atoms with E-state index in [0.717, 1.165) is 22.1 Å². The normalized spacial score (nSPS) is 19.6. The molecular weight excluding hydrogens is 276 g/mol. The van der Waals surface area contributed by atoms with Gasteiger partial charge in [0.25, 0.3) is 0 Å². The van der Waals surface area contributed by atoms with Crippen LogP contribution in [0.25, 0.3) is 0 Å². The molecule has 0 aromatic heterocycles. The lowest BCUT2D eigenvalue weighted by Crippen LogP contribution is -2.33. The van der Waals surface area contributed by atoms with Gasteiger partial charge in [-0.15, -0.1) is 18.3 Å². The second kappa shape index (κ2) is 5.58. The van der Waals surface area contributed by atoms with Crippen molar-refractivity contribution in [1.29, 1.82) is 0 Å². The molecule has 0 fully saturated rings. The van der Waals surface area contributed by atoms with Crippen molar-refractivity contribution in [2.45, 2.75) is 6.04 Å². The number of nitrogens with zero attached hydrogens (tertiary/aromatic N) is 1. The number of carbonyl (C=O) groups excluding carboxylic acids is 1. The highest BCUT2D eigenvalue weighted by molar-refractivity contribution is 8.14. The second-order valence-corrected chi connectivity index (χ2v) is 5.37. The van der Waals surface area contributed by atoms with Crippen LogP contribution in [-0.4, -0.2) is 36.1 Å². The quantitative estimate of drug-likeness (QED) is 0.855. The van der Waals surface area contributed by atoms with Crippen LogP contribution in [0.5, 0.6) is 11.5 Å². The monoisotopic (exact) mass is 290 g/mol. The van der Waals surface area contributed by atoms with Crippen LogP contribution in [0.1, 0.15) is 5.56 Å². The van der Waals surface area contributed by atoms with Gasteiger partial charge in [-0.3, -0.25) is 9.79 Å². The van der Waals surface area contributed by atoms with Crippen LogP contribution in [0.15, 0.2) is 35.8 Å². The number of amides is 1. The number of fused-ring (bicyclic) bond motifs is 1. The first-order valence-corrected chi connectivity index (χ1v) is 7.25. The summed E-state index contributed by atoms with van der Waals surface area (Å²) in [4.78, 5) is 16.3. The number of rotatable bonds is 4. The van der Waals surface area contributed by atoms with E-state index in [1.165, 1.54) is 0 Å². The Balaban J connectivity index is 1.75. The largest absolute Gasteiger partial charge is 0.454 e. The summed E-state index contributed by atoms with van der Waals surface area (Å²) in [6.07, 6.45) is 1.66. The van der Waals surface area contributed by atoms with E-state index in [1.807, 2.05) is 18.2 Å². The van der Waals surface area contributed by atoms with Gasteiger partial charge >= 0.3 is 0 Å². The summed E-state index contributed by atoms with van der Waals surface area (Å²) in [7, 11) is 0. The summed E-state index contributed by atoms with van der Waals surface area (Å²) in [5.41, 5.74) is 0.957. The molecule has 1 amide bonds. The van der Waals surface area contributed by atoms with Crippen LogP contribution < -0.4 is 14.8 Å². The minimum Gasteiger partial charge on any atom is -0.454 e. The Morgan fingerprint density at radius 3 is 3.20 bits per heavy atom. The molecule has 1 aromatic carbocycles. The minimum atomic E-state index is -0.333. The molecule has 0 saturated heterocycles. The standard InChI is InChI=1S/C14H14N2O3S/c1-2-5-15-13(17)10-7-20-14(16-10)9-3-4-11-12(6-9)19-8-18-11/h2-4,6,10H,1,5,7-8H2,(H,15,17)/t10-/m0/s1. The average Bonchev–Trinajstić information content (AvgIpc) is 3.12. The molecule has 0 saturated carbocycles. The third-order valence-corrected chi connectivity index (χ3v) is 4.09. The molecule has 3 rings (SSSR count). The molecule has 1 N–H and O–H groups in total. The van der Waals surface area contributed by atoms with E-state index < -0.39 is 0 Å². The zero-order valence-corrected chi connectivity index (χ0v) is 11.6. The third-order valence-electron chi connectivity index (χ3n) is 2.99. The fourth-order valence-electron chi connectivity index (χ4n) is 1.99. The molecule has 1 aromatic rings. The van der Waals surface area contributed by atoms with E-state index in [4.69, 9.17) is 9.47 Å². The van der Waals surface area contributed by atoms with Crippen molar-refractivity contribution in [1.82, 2.24) is 5.32 Å². The van der Waals surface area contributed by atoms with E-state index in [-0.39, 0.29) is 18.7 Å². The average molecular weight is 290 g/mol. The first-order valence-electron chi connectivity index (χ1n) is 6.27. The molecule has 2 heterocycles. The Morgan fingerprint density at radius 1 is 1.50 bits per heavy atom. The van der Waals surface area contributed by atoms with Gasteiger partial charge in [0.15, 0.2) is 11.5 Å². The number of hydrogen-bond acceptors (Lipinski definition) is 5. The van der Waals surface area contributed by atoms with Gasteiger partial charge in [-0.05, 0) is 18.2 Å². The lowest BCUT2D eigenvalue weighted by Gasteiger charge is -2.05. The fraction of sp³-hybridized carbons (Fsp3) is 0.286. The molecule has 0 unspecified atom stereocenters. The maximum Gasteiger partial charge on any atom is 0.245 e. The third kappa shape index (κ3) is 2.51. The van der Waals surface area contributed by atoms with E-state index in [1.54, 1.807) is 17.8 Å². The van der Waals surface area contributed by atoms with Gasteiger partial charge in [0.1, 0.15) is 6.04 Å². The molecular formula is C14H14N2O3S. The van der Waals surface area contributed by atoms with Gasteiger partial charge in [0.2, 0.25) is 12.7 Å². The smallest absolute Gasteiger partial charge is 0.245 e. The summed E-state index contributed by atoms with van der Waals surface area (Å²) >= 11 is 1.58. The predicted molar refractivity (Wildman–Crippen MR) is 78.6 cm³/mol. The molecule has 104 valence electrons. The molecule has 0 bridgehead atoms. The van der Waals surface area contributed by atoms with Gasteiger partial charge in [0.05, 0.1) is 5.04 Å². The Labute approximate surface area is 121 Å². The van der Waals surface area contributed by atoms with Crippen molar-refractivity contribution >= 4 is 22.7 Å². The van der Waals surface area contributed by atoms with Gasteiger partial charge in [-0.1, -0.05) is 6.08 Å². The van der Waals surface area contributed by atoms with Crippen LogP contribution >= 0.6 is 11.8 Å². The number of carbonyl (C=O) groups is 1. The first-order chi connectivity index (χ1) is 9.78. The van der Waals surface area contributed by atoms with Gasteiger partial charge in [0, 0.05) is 17.9 Å². The summed E-state index contributed by atoms with van der Waals surface area (Å²) in [5.74, 6) is 2.07. The molecule has 2 aliphatic rings. The van der Waals surface area contributed by atoms with Crippen LogP contribution in [0, 0.1) is 0 Å². The summed E-state index contributed by atoms with van der Waals surface area (Å²) < 4.78 is 10.6. The molecule has 6 heteroatoms. The number of thioether (sulfide) groups is 1. The predicted octanol–water partition coefficient (Wildman–Crippen LogP) is 1.58. The molecule has 20 heavy (non-hydrogen) atoms. The minimum absolute atomic E-state index is 0.0619. The van der Waals surface area contributed by atoms with Crippen molar-refractivity contribution in [3.63, 3.8) is 0 Å². The van der Waals surface area contributed by atoms with Crippen molar-refractivity contribution < 1.29 is 14.3 Å². The van der Waals surface area contributed by atoms with Crippen LogP contribution in [-0.2, 0) is 4.79 Å². The van der Waals surface area contributed by atoms with Crippen molar-refractivity contribution in [2.75, 3.05) is 19.1 Å². The van der Waals surface area contributed by atoms with Gasteiger partial charge in [-0.25, -0.2) is 0 Å². The number of aliphatic imine (C=N–C) groups is 1. The van der Waals surface area contributed by atoms with Crippen molar-refractivity contribution in [3.05, 3.63) is 36.4 Å². The zero-order valence-electron chi connectivity index (χ0n) is 10.8. The summed E-state index contributed by atoms with van der Waals surface area (Å²) in [6.45, 7) is 4.30. The number of benzene rings is 1. The number of ether oxygens (including phenoxy) is 2. The van der Waals surface area contributed by atoms with Gasteiger partial charge < -0.3 is 14.8 Å². The van der Waals surface area contributed by atoms with Crippen molar-refractivity contribution in [3.8, 4) is 11.5 Å². The van der Waals surface area contributed by atoms with E-state index in [0.29, 0.717) is 12.3 Å². The SMILES string of the molecule is C=CCNC(=O)[C@@H]1CSC(c2ccc3c(c2)OCO3)=N1. The van der Waals surface area contributed by atoms with E-state index in [9.17, 15) is 4.79 Å². The highest BCUT2D eigenvalue weighted by Crippen LogP contribution is 2.34. The molecule has 0 spiro atoms. The highest BCUT2D eigenvalue weighted by atomic mass is 32.2. The summed E-state index contributed by atoms with van der Waals surface area (Å²) in [5, 5.41) is 3.63. The van der Waals surface area contributed by atoms with Crippen molar-refractivity contribution in [2.24, 2.45) is 4.99 Å². The summed E-state index contributed by atoms with van der Waals surface area (Å²) in [6, 6.07) is 5.37. The Morgan fingerprint density at radius 2 is 2.35 bits per heavy atom. The highest BCUT2D eigenvalue weighted by Gasteiger charge is 2.26. The Hall–Kier alpha value is -1.95. The fourth-order valence-corrected chi connectivity index (χ4v) is 3.02. The number of hydrogen-bond donors (Lipinski definition) is 1.